The molecule has 5 heterocycles. The van der Waals surface area contributed by atoms with E-state index in [0.29, 0.717) is 5.56 Å². The number of carbonyl (C=O) groups excluding carboxylic acids is 2. The van der Waals surface area contributed by atoms with Crippen LogP contribution in [0.3, 0.4) is 0 Å². The number of aromatic hydroxyl groups is 4. The molecule has 1 unspecified atom stereocenters. The summed E-state index contributed by atoms with van der Waals surface area (Å²) < 4.78 is 61.3. The van der Waals surface area contributed by atoms with Crippen LogP contribution in [0.4, 0.5) is 0 Å². The monoisotopic (exact) mass is 1140 g/mol. The van der Waals surface area contributed by atoms with E-state index in [1.54, 1.807) is 0 Å². The summed E-state index contributed by atoms with van der Waals surface area (Å²) in [6.07, 6.45) is -32.9. The van der Waals surface area contributed by atoms with Gasteiger partial charge in [-0.3, -0.25) is 9.59 Å². The number of carboxylic acids is 1. The topological polar surface area (TPSA) is 480 Å². The average molecular weight is 1140 g/mol. The van der Waals surface area contributed by atoms with E-state index in [0.717, 1.165) is 30.3 Å². The molecule has 5 aliphatic rings. The first-order chi connectivity index (χ1) is 38.0. The van der Waals surface area contributed by atoms with E-state index in [4.69, 9.17) is 52.5 Å². The van der Waals surface area contributed by atoms with Crippen molar-refractivity contribution in [2.75, 3.05) is 26.4 Å². The highest BCUT2D eigenvalue weighted by molar-refractivity contribution is 5.90. The SMILES string of the molecule is O=C(O)CC(=O)OC[C@@H]1O[C@@H](Oc2cc(O)cc3c2C=C(O[C@@H]2O[C@H](COC(=O)/C=C/c4ccc(O[C@@H]5O[C@@H](CO)[C@@H](O)[C@H](O)[C@@H]5O)cc4)[C@@H](O)[C@@H](O)[C@@H]2O[C@H]2OC[C@@H](O)[C@@H](O)[C@H]2O)C(c2ccc(O)c(O)c2)[OH+]3)[C@@H](O)[C@H](O)[C@@H]1O. The molecule has 80 heavy (non-hydrogen) atoms. The molecule has 0 amide bonds. The highest BCUT2D eigenvalue weighted by Gasteiger charge is 2.52. The van der Waals surface area contributed by atoms with Crippen LogP contribution in [0, 0.1) is 0 Å². The number of phenolic OH excluding ortho intramolecular Hbond substituents is 3. The van der Waals surface area contributed by atoms with Crippen LogP contribution in [0.25, 0.3) is 12.2 Å². The molecule has 0 aliphatic carbocycles. The first kappa shape index (κ1) is 59.6. The molecule has 3 aromatic rings. The highest BCUT2D eigenvalue weighted by Crippen LogP contribution is 2.48. The largest absolute Gasteiger partial charge is 0.571 e. The van der Waals surface area contributed by atoms with E-state index in [1.807, 2.05) is 0 Å². The first-order valence-electron chi connectivity index (χ1n) is 24.5. The number of rotatable bonds is 18. The summed E-state index contributed by atoms with van der Waals surface area (Å²) in [6.45, 7) is -2.87. The van der Waals surface area contributed by atoms with E-state index >= 15 is 0 Å². The maximum Gasteiger partial charge on any atom is 0.330 e. The van der Waals surface area contributed by atoms with Crippen LogP contribution in [-0.2, 0) is 52.3 Å². The zero-order valence-corrected chi connectivity index (χ0v) is 41.4. The molecule has 17 N–H and O–H groups in total. The van der Waals surface area contributed by atoms with Gasteiger partial charge in [-0.25, -0.2) is 4.79 Å². The van der Waals surface area contributed by atoms with E-state index in [-0.39, 0.29) is 34.1 Å². The Balaban J connectivity index is 1.05. The van der Waals surface area contributed by atoms with E-state index in [2.05, 4.69) is 4.74 Å². The lowest BCUT2D eigenvalue weighted by Crippen LogP contribution is -2.63. The fraction of sp³-hybridized carbons (Fsp3) is 0.500. The number of aliphatic hydroxyl groups is 13. The quantitative estimate of drug-likeness (QED) is 0.0187. The van der Waals surface area contributed by atoms with Crippen LogP contribution in [0.15, 0.2) is 66.4 Å². The van der Waals surface area contributed by atoms with Gasteiger partial charge in [0.25, 0.3) is 11.9 Å². The fourth-order valence-electron chi connectivity index (χ4n) is 8.85. The molecule has 438 valence electrons. The van der Waals surface area contributed by atoms with Gasteiger partial charge in [-0.05, 0) is 42.0 Å². The van der Waals surface area contributed by atoms with Crippen LogP contribution in [-0.4, -0.2) is 247 Å². The second kappa shape index (κ2) is 25.5. The second-order valence-corrected chi connectivity index (χ2v) is 18.9. The van der Waals surface area contributed by atoms with Crippen molar-refractivity contribution in [2.24, 2.45) is 0 Å². The Morgan fingerprint density at radius 3 is 1.90 bits per heavy atom. The minimum Gasteiger partial charge on any atom is -0.571 e. The minimum absolute atomic E-state index is 0.0803. The third-order valence-corrected chi connectivity index (χ3v) is 13.3. The first-order valence-corrected chi connectivity index (χ1v) is 24.5. The Kier molecular flexibility index (Phi) is 19.0. The molecule has 0 radical (unpaired) electrons. The molecular formula is C50H59O30+. The van der Waals surface area contributed by atoms with E-state index < -0.39 is 191 Å². The van der Waals surface area contributed by atoms with E-state index in [1.165, 1.54) is 42.5 Å². The standard InChI is InChI=1S/C50H58O30/c51-14-29-36(61)39(64)43(68)48(77-29)73-21-5-1-18(2-6-21)3-8-33(58)70-16-31-38(63)41(66)46(80-47-42(67)35(60)25(55)15-72-47)50(79-31)76-28-12-22-26(74-45(28)19-4-7-23(53)24(54)9-19)10-20(52)11-27(22)75-49-44(69)40(65)37(62)30(78-49)17-71-34(59)13-32(56)57/h1-12,25,29-31,35-55,60-69H,13-17H2,(H,56,57)/p+1/b8-3+/t25-,29+,30+,31-,35-,36-,37-,38-,39+,40-,41-,42-,43+,44+,45?,46+,47-,48-,49-,50-/m1/s1. The molecular weight excluding hydrogens is 1080 g/mol. The van der Waals surface area contributed by atoms with Crippen LogP contribution in [0.1, 0.15) is 29.2 Å². The number of hydrogen-bond donors (Lipinski definition) is 16. The molecule has 30 nitrogen and oxygen atoms in total. The number of carboxylic acid groups (broad SMARTS) is 1. The number of aliphatic carboxylic acids is 1. The van der Waals surface area contributed by atoms with Gasteiger partial charge >= 0.3 is 17.9 Å². The van der Waals surface area contributed by atoms with Gasteiger partial charge < -0.3 is 134 Å². The van der Waals surface area contributed by atoms with Gasteiger partial charge in [0, 0.05) is 18.2 Å². The lowest BCUT2D eigenvalue weighted by molar-refractivity contribution is -0.353. The summed E-state index contributed by atoms with van der Waals surface area (Å²) >= 11 is 0. The molecule has 0 aromatic heterocycles. The van der Waals surface area contributed by atoms with Gasteiger partial charge in [0.15, 0.2) is 29.7 Å². The number of ether oxygens (including phenoxy) is 11. The third-order valence-electron chi connectivity index (χ3n) is 13.3. The lowest BCUT2D eigenvalue weighted by atomic mass is 9.97. The molecule has 4 saturated heterocycles. The predicted octanol–water partition coefficient (Wildman–Crippen LogP) is -4.93. The molecule has 4 fully saturated rings. The van der Waals surface area contributed by atoms with Crippen molar-refractivity contribution in [3.05, 3.63) is 83.1 Å². The Morgan fingerprint density at radius 2 is 1.24 bits per heavy atom. The van der Waals surface area contributed by atoms with Gasteiger partial charge in [-0.15, -0.1) is 0 Å². The summed E-state index contributed by atoms with van der Waals surface area (Å²) in [7, 11) is 0. The lowest BCUT2D eigenvalue weighted by Gasteiger charge is -2.45. The van der Waals surface area contributed by atoms with Crippen molar-refractivity contribution >= 4 is 30.1 Å². The number of benzene rings is 3. The molecule has 5 aliphatic heterocycles. The van der Waals surface area contributed by atoms with Crippen molar-refractivity contribution in [3.63, 3.8) is 0 Å². The van der Waals surface area contributed by atoms with Gasteiger partial charge in [-0.1, -0.05) is 12.1 Å². The Hall–Kier alpha value is -6.53. The van der Waals surface area contributed by atoms with Crippen molar-refractivity contribution < 1.29 is 148 Å². The summed E-state index contributed by atoms with van der Waals surface area (Å²) in [5, 5.41) is 168. The van der Waals surface area contributed by atoms with Gasteiger partial charge in [0.1, 0.15) is 128 Å². The van der Waals surface area contributed by atoms with Crippen molar-refractivity contribution in [1.29, 1.82) is 0 Å². The molecule has 20 atom stereocenters. The second-order valence-electron chi connectivity index (χ2n) is 18.9. The Labute approximate surface area is 450 Å². The van der Waals surface area contributed by atoms with Crippen molar-refractivity contribution in [3.8, 4) is 34.5 Å². The zero-order valence-electron chi connectivity index (χ0n) is 41.4. The molecule has 0 spiro atoms. The minimum atomic E-state index is -2.08. The Morgan fingerprint density at radius 1 is 0.625 bits per heavy atom. The maximum atomic E-state index is 13.1. The summed E-state index contributed by atoms with van der Waals surface area (Å²) in [4.78, 5) is 36.1. The van der Waals surface area contributed by atoms with Crippen LogP contribution in [0.2, 0.25) is 0 Å². The number of esters is 2. The van der Waals surface area contributed by atoms with Crippen LogP contribution < -0.4 is 9.47 Å². The molecule has 0 saturated carbocycles. The number of aliphatic hydroxyl groups excluding tert-OH is 12. The zero-order chi connectivity index (χ0) is 57.9. The fourth-order valence-corrected chi connectivity index (χ4v) is 8.85. The number of fused-ring (bicyclic) bond motifs is 1. The van der Waals surface area contributed by atoms with Crippen LogP contribution in [0.5, 0.6) is 34.5 Å². The normalized spacial score (nSPS) is 35.2. The van der Waals surface area contributed by atoms with Gasteiger partial charge in [0.05, 0.1) is 24.8 Å². The van der Waals surface area contributed by atoms with Gasteiger partial charge in [0.2, 0.25) is 18.9 Å². The van der Waals surface area contributed by atoms with Gasteiger partial charge in [-0.2, -0.15) is 0 Å². The van der Waals surface area contributed by atoms with Crippen molar-refractivity contribution in [2.45, 2.75) is 129 Å². The number of phenols is 3. The Bertz CT molecular complexity index is 2700. The van der Waals surface area contributed by atoms with Crippen LogP contribution >= 0.6 is 0 Å². The average Bonchev–Trinajstić information content (AvgIpc) is 3.44. The highest BCUT2D eigenvalue weighted by atomic mass is 16.8. The summed E-state index contributed by atoms with van der Waals surface area (Å²) in [6, 6.07) is 11.4. The van der Waals surface area contributed by atoms with E-state index in [9.17, 15) is 91.0 Å². The maximum absolute atomic E-state index is 13.1. The summed E-state index contributed by atoms with van der Waals surface area (Å²) in [5.74, 6) is -6.12. The molecule has 8 rings (SSSR count). The van der Waals surface area contributed by atoms with Crippen molar-refractivity contribution in [1.82, 2.24) is 0 Å². The molecule has 3 aromatic carbocycles. The number of carbonyl (C=O) groups is 3. The number of hydrogen-bond acceptors (Lipinski definition) is 28. The smallest absolute Gasteiger partial charge is 0.330 e. The predicted molar refractivity (Wildman–Crippen MR) is 256 cm³/mol. The third kappa shape index (κ3) is 13.4. The molecule has 0 bridgehead atoms. The molecule has 30 heteroatoms. The summed E-state index contributed by atoms with van der Waals surface area (Å²) in [5.41, 5.74) is 0.388.